The SMILES string of the molecule is CCCCCCCCC(NC1CCCNC1)C(=O)O. The third kappa shape index (κ3) is 7.53. The summed E-state index contributed by atoms with van der Waals surface area (Å²) in [7, 11) is 0. The molecule has 4 heteroatoms. The lowest BCUT2D eigenvalue weighted by molar-refractivity contribution is -0.140. The Morgan fingerprint density at radius 1 is 1.32 bits per heavy atom. The van der Waals surface area contributed by atoms with E-state index in [2.05, 4.69) is 17.6 Å². The maximum atomic E-state index is 11.3. The number of hydrogen-bond donors (Lipinski definition) is 3. The van der Waals surface area contributed by atoms with Crippen LogP contribution >= 0.6 is 0 Å². The van der Waals surface area contributed by atoms with E-state index in [-0.39, 0.29) is 6.04 Å². The molecule has 2 unspecified atom stereocenters. The van der Waals surface area contributed by atoms with Gasteiger partial charge in [-0.3, -0.25) is 4.79 Å². The first-order valence-electron chi connectivity index (χ1n) is 7.93. The van der Waals surface area contributed by atoms with Crippen molar-refractivity contribution in [2.45, 2.75) is 76.8 Å². The van der Waals surface area contributed by atoms with E-state index in [9.17, 15) is 9.90 Å². The van der Waals surface area contributed by atoms with Crippen LogP contribution in [0.3, 0.4) is 0 Å². The first-order chi connectivity index (χ1) is 9.24. The van der Waals surface area contributed by atoms with Gasteiger partial charge in [-0.15, -0.1) is 0 Å². The molecule has 0 aromatic heterocycles. The summed E-state index contributed by atoms with van der Waals surface area (Å²) >= 11 is 0. The van der Waals surface area contributed by atoms with Crippen molar-refractivity contribution in [3.8, 4) is 0 Å². The predicted molar refractivity (Wildman–Crippen MR) is 78.4 cm³/mol. The lowest BCUT2D eigenvalue weighted by atomic mass is 10.0. The molecule has 3 N–H and O–H groups in total. The molecule has 0 spiro atoms. The van der Waals surface area contributed by atoms with Crippen LogP contribution in [0.5, 0.6) is 0 Å². The Balaban J connectivity index is 2.15. The molecule has 0 aliphatic carbocycles. The van der Waals surface area contributed by atoms with E-state index in [1.54, 1.807) is 0 Å². The van der Waals surface area contributed by atoms with Gasteiger partial charge in [-0.2, -0.15) is 0 Å². The predicted octanol–water partition coefficient (Wildman–Crippen LogP) is 2.53. The summed E-state index contributed by atoms with van der Waals surface area (Å²) in [6, 6.07) is -0.0361. The molecule has 1 rings (SSSR count). The Labute approximate surface area is 117 Å². The zero-order chi connectivity index (χ0) is 13.9. The molecule has 2 atom stereocenters. The topological polar surface area (TPSA) is 61.4 Å². The number of unbranched alkanes of at least 4 members (excludes halogenated alkanes) is 5. The summed E-state index contributed by atoms with van der Waals surface area (Å²) in [6.45, 7) is 4.18. The van der Waals surface area contributed by atoms with Crippen LogP contribution in [0, 0.1) is 0 Å². The highest BCUT2D eigenvalue weighted by atomic mass is 16.4. The summed E-state index contributed by atoms with van der Waals surface area (Å²) in [6.07, 6.45) is 10.3. The molecule has 19 heavy (non-hydrogen) atoms. The summed E-state index contributed by atoms with van der Waals surface area (Å²) in [5.74, 6) is -0.695. The fraction of sp³-hybridized carbons (Fsp3) is 0.933. The average Bonchev–Trinajstić information content (AvgIpc) is 2.42. The second kappa shape index (κ2) is 10.2. The summed E-state index contributed by atoms with van der Waals surface area (Å²) < 4.78 is 0. The highest BCUT2D eigenvalue weighted by Crippen LogP contribution is 2.10. The van der Waals surface area contributed by atoms with Gasteiger partial charge < -0.3 is 15.7 Å². The normalized spacial score (nSPS) is 21.2. The molecule has 4 nitrogen and oxygen atoms in total. The maximum Gasteiger partial charge on any atom is 0.320 e. The Morgan fingerprint density at radius 2 is 2.05 bits per heavy atom. The van der Waals surface area contributed by atoms with Crippen molar-refractivity contribution >= 4 is 5.97 Å². The first kappa shape index (κ1) is 16.4. The van der Waals surface area contributed by atoms with E-state index < -0.39 is 5.97 Å². The Bertz CT molecular complexity index is 240. The van der Waals surface area contributed by atoms with Gasteiger partial charge in [0.1, 0.15) is 6.04 Å². The fourth-order valence-electron chi connectivity index (χ4n) is 2.69. The van der Waals surface area contributed by atoms with Crippen molar-refractivity contribution in [2.24, 2.45) is 0 Å². The Hall–Kier alpha value is -0.610. The largest absolute Gasteiger partial charge is 0.480 e. The Kier molecular flexibility index (Phi) is 8.84. The van der Waals surface area contributed by atoms with E-state index in [0.717, 1.165) is 45.2 Å². The van der Waals surface area contributed by atoms with E-state index in [4.69, 9.17) is 0 Å². The molecule has 1 fully saturated rings. The number of hydrogen-bond acceptors (Lipinski definition) is 3. The number of carboxylic acid groups (broad SMARTS) is 1. The van der Waals surface area contributed by atoms with Crippen molar-refractivity contribution in [3.63, 3.8) is 0 Å². The van der Waals surface area contributed by atoms with E-state index in [0.29, 0.717) is 6.04 Å². The van der Waals surface area contributed by atoms with Crippen LogP contribution in [0.2, 0.25) is 0 Å². The number of aliphatic carboxylic acids is 1. The van der Waals surface area contributed by atoms with Gasteiger partial charge in [0.05, 0.1) is 0 Å². The fourth-order valence-corrected chi connectivity index (χ4v) is 2.69. The number of carboxylic acids is 1. The van der Waals surface area contributed by atoms with Crippen LogP contribution in [0.25, 0.3) is 0 Å². The van der Waals surface area contributed by atoms with Crippen molar-refractivity contribution in [2.75, 3.05) is 13.1 Å². The highest BCUT2D eigenvalue weighted by Gasteiger charge is 2.22. The van der Waals surface area contributed by atoms with Gasteiger partial charge in [0.2, 0.25) is 0 Å². The average molecular weight is 270 g/mol. The minimum atomic E-state index is -0.695. The number of rotatable bonds is 10. The monoisotopic (exact) mass is 270 g/mol. The molecular weight excluding hydrogens is 240 g/mol. The van der Waals surface area contributed by atoms with Crippen molar-refractivity contribution in [3.05, 3.63) is 0 Å². The van der Waals surface area contributed by atoms with Gasteiger partial charge in [-0.05, 0) is 25.8 Å². The second-order valence-corrected chi connectivity index (χ2v) is 5.66. The van der Waals surface area contributed by atoms with Crippen LogP contribution in [0.15, 0.2) is 0 Å². The van der Waals surface area contributed by atoms with Gasteiger partial charge in [-0.25, -0.2) is 0 Å². The molecule has 0 amide bonds. The third-order valence-electron chi connectivity index (χ3n) is 3.88. The van der Waals surface area contributed by atoms with Gasteiger partial charge in [-0.1, -0.05) is 45.4 Å². The van der Waals surface area contributed by atoms with Gasteiger partial charge >= 0.3 is 5.97 Å². The van der Waals surface area contributed by atoms with Crippen molar-refractivity contribution in [1.29, 1.82) is 0 Å². The summed E-state index contributed by atoms with van der Waals surface area (Å²) in [5.41, 5.74) is 0. The zero-order valence-electron chi connectivity index (χ0n) is 12.3. The van der Waals surface area contributed by atoms with E-state index >= 15 is 0 Å². The second-order valence-electron chi connectivity index (χ2n) is 5.66. The molecular formula is C15H30N2O2. The Morgan fingerprint density at radius 3 is 2.68 bits per heavy atom. The molecule has 0 radical (unpaired) electrons. The van der Waals surface area contributed by atoms with Crippen LogP contribution in [-0.4, -0.2) is 36.2 Å². The molecule has 1 heterocycles. The molecule has 1 aliphatic rings. The van der Waals surface area contributed by atoms with Crippen molar-refractivity contribution in [1.82, 2.24) is 10.6 Å². The van der Waals surface area contributed by atoms with Gasteiger partial charge in [0, 0.05) is 12.6 Å². The highest BCUT2D eigenvalue weighted by molar-refractivity contribution is 5.73. The van der Waals surface area contributed by atoms with Gasteiger partial charge in [0.15, 0.2) is 0 Å². The quantitative estimate of drug-likeness (QED) is 0.534. The molecule has 0 saturated carbocycles. The molecule has 0 bridgehead atoms. The molecule has 112 valence electrons. The number of nitrogens with one attached hydrogen (secondary N) is 2. The number of carbonyl (C=O) groups is 1. The maximum absolute atomic E-state index is 11.3. The number of piperidine rings is 1. The third-order valence-corrected chi connectivity index (χ3v) is 3.88. The molecule has 0 aromatic carbocycles. The van der Waals surface area contributed by atoms with Gasteiger partial charge in [0.25, 0.3) is 0 Å². The van der Waals surface area contributed by atoms with Crippen LogP contribution < -0.4 is 10.6 Å². The molecule has 1 aliphatic heterocycles. The zero-order valence-corrected chi connectivity index (χ0v) is 12.3. The van der Waals surface area contributed by atoms with Crippen LogP contribution in [-0.2, 0) is 4.79 Å². The summed E-state index contributed by atoms with van der Waals surface area (Å²) in [5, 5.41) is 15.9. The smallest absolute Gasteiger partial charge is 0.320 e. The van der Waals surface area contributed by atoms with E-state index in [1.165, 1.54) is 25.7 Å². The standard InChI is InChI=1S/C15H30N2O2/c1-2-3-4-5-6-7-10-14(15(18)19)17-13-9-8-11-16-12-13/h13-14,16-17H,2-12H2,1H3,(H,18,19). The minimum Gasteiger partial charge on any atom is -0.480 e. The van der Waals surface area contributed by atoms with Crippen molar-refractivity contribution < 1.29 is 9.90 Å². The van der Waals surface area contributed by atoms with Crippen LogP contribution in [0.1, 0.15) is 64.7 Å². The lowest BCUT2D eigenvalue weighted by Gasteiger charge is -2.27. The molecule has 1 saturated heterocycles. The first-order valence-corrected chi connectivity index (χ1v) is 7.93. The molecule has 0 aromatic rings. The summed E-state index contributed by atoms with van der Waals surface area (Å²) in [4.78, 5) is 11.3. The minimum absolute atomic E-state index is 0.329. The van der Waals surface area contributed by atoms with Crippen LogP contribution in [0.4, 0.5) is 0 Å². The van der Waals surface area contributed by atoms with E-state index in [1.807, 2.05) is 0 Å². The lowest BCUT2D eigenvalue weighted by Crippen LogP contribution is -2.50.